The number of nitrogens with zero attached hydrogens (tertiary/aromatic N) is 1. The van der Waals surface area contributed by atoms with Crippen molar-refractivity contribution in [2.24, 2.45) is 11.8 Å². The zero-order chi connectivity index (χ0) is 11.0. The van der Waals surface area contributed by atoms with Crippen LogP contribution in [-0.4, -0.2) is 11.6 Å². The molecule has 1 aromatic rings. The number of hydrogen-bond donors (Lipinski definition) is 0. The fourth-order valence-corrected chi connectivity index (χ4v) is 2.87. The third-order valence-electron chi connectivity index (χ3n) is 3.84. The van der Waals surface area contributed by atoms with Gasteiger partial charge in [-0.2, -0.15) is 0 Å². The molecule has 1 saturated heterocycles. The lowest BCUT2D eigenvalue weighted by atomic mass is 9.75. The number of fused-ring (bicyclic) bond motifs is 2. The Morgan fingerprint density at radius 2 is 2.38 bits per heavy atom. The Balaban J connectivity index is 1.91. The Hall–Kier alpha value is -1.15. The van der Waals surface area contributed by atoms with E-state index in [-0.39, 0.29) is 6.10 Å². The summed E-state index contributed by atoms with van der Waals surface area (Å²) in [5.74, 6) is 1.30. The summed E-state index contributed by atoms with van der Waals surface area (Å²) < 4.78 is 6.02. The van der Waals surface area contributed by atoms with E-state index in [0.717, 1.165) is 12.5 Å². The quantitative estimate of drug-likeness (QED) is 0.671. The van der Waals surface area contributed by atoms with Crippen LogP contribution in [0.2, 0.25) is 0 Å². The summed E-state index contributed by atoms with van der Waals surface area (Å²) in [5, 5.41) is 0. The van der Waals surface area contributed by atoms with Gasteiger partial charge in [0.1, 0.15) is 0 Å². The van der Waals surface area contributed by atoms with Gasteiger partial charge in [0.15, 0.2) is 0 Å². The standard InChI is InChI=1S/C14H17NO/c1-10-4-5-11-7-13(10)14(16-9-11)12-3-2-6-15-8-12/h2-4,6,8,11,13-14H,5,7,9H2,1H3. The van der Waals surface area contributed by atoms with E-state index in [9.17, 15) is 0 Å². The molecule has 3 atom stereocenters. The minimum Gasteiger partial charge on any atom is -0.373 e. The van der Waals surface area contributed by atoms with E-state index in [1.807, 2.05) is 18.5 Å². The normalized spacial score (nSPS) is 33.3. The van der Waals surface area contributed by atoms with E-state index in [2.05, 4.69) is 24.1 Å². The van der Waals surface area contributed by atoms with Crippen LogP contribution in [0.25, 0.3) is 0 Å². The first-order chi connectivity index (χ1) is 7.84. The molecule has 16 heavy (non-hydrogen) atoms. The fourth-order valence-electron chi connectivity index (χ4n) is 2.87. The van der Waals surface area contributed by atoms with E-state index >= 15 is 0 Å². The number of hydrogen-bond acceptors (Lipinski definition) is 2. The van der Waals surface area contributed by atoms with Gasteiger partial charge in [-0.25, -0.2) is 0 Å². The van der Waals surface area contributed by atoms with Gasteiger partial charge in [-0.3, -0.25) is 4.98 Å². The lowest BCUT2D eigenvalue weighted by molar-refractivity contribution is -0.0514. The van der Waals surface area contributed by atoms with Crippen molar-refractivity contribution in [2.45, 2.75) is 25.9 Å². The molecule has 84 valence electrons. The molecule has 2 aliphatic rings. The van der Waals surface area contributed by atoms with Crippen molar-refractivity contribution < 1.29 is 4.74 Å². The average molecular weight is 215 g/mol. The highest BCUT2D eigenvalue weighted by Gasteiger charge is 2.35. The predicted molar refractivity (Wildman–Crippen MR) is 62.9 cm³/mol. The molecule has 3 rings (SSSR count). The van der Waals surface area contributed by atoms with Crippen LogP contribution >= 0.6 is 0 Å². The second kappa shape index (κ2) is 4.02. The molecule has 1 aliphatic heterocycles. The third kappa shape index (κ3) is 1.67. The van der Waals surface area contributed by atoms with E-state index in [1.165, 1.54) is 24.0 Å². The second-order valence-electron chi connectivity index (χ2n) is 4.93. The van der Waals surface area contributed by atoms with Gasteiger partial charge in [-0.1, -0.05) is 17.7 Å². The SMILES string of the molecule is CC1=CCC2COC(c3cccnc3)C1C2. The molecule has 3 unspecified atom stereocenters. The maximum Gasteiger partial charge on any atom is 0.0905 e. The summed E-state index contributed by atoms with van der Waals surface area (Å²) in [7, 11) is 0. The van der Waals surface area contributed by atoms with Crippen molar-refractivity contribution in [1.29, 1.82) is 0 Å². The molecule has 1 aromatic heterocycles. The first kappa shape index (κ1) is 10.0. The zero-order valence-corrected chi connectivity index (χ0v) is 9.60. The zero-order valence-electron chi connectivity index (χ0n) is 9.60. The van der Waals surface area contributed by atoms with Gasteiger partial charge in [0, 0.05) is 18.3 Å². The van der Waals surface area contributed by atoms with Gasteiger partial charge < -0.3 is 4.74 Å². The molecule has 1 fully saturated rings. The van der Waals surface area contributed by atoms with E-state index in [4.69, 9.17) is 4.74 Å². The maximum atomic E-state index is 6.02. The molecule has 0 N–H and O–H groups in total. The smallest absolute Gasteiger partial charge is 0.0905 e. The van der Waals surface area contributed by atoms with Crippen LogP contribution in [0.1, 0.15) is 31.4 Å². The minimum absolute atomic E-state index is 0.224. The van der Waals surface area contributed by atoms with Gasteiger partial charge in [-0.15, -0.1) is 0 Å². The highest BCUT2D eigenvalue weighted by atomic mass is 16.5. The number of ether oxygens (including phenoxy) is 1. The first-order valence-electron chi connectivity index (χ1n) is 6.03. The molecule has 2 bridgehead atoms. The Kier molecular flexibility index (Phi) is 2.52. The highest BCUT2D eigenvalue weighted by molar-refractivity contribution is 5.21. The van der Waals surface area contributed by atoms with Crippen LogP contribution in [0, 0.1) is 11.8 Å². The van der Waals surface area contributed by atoms with Crippen LogP contribution in [0.15, 0.2) is 36.2 Å². The molecule has 1 aliphatic carbocycles. The summed E-state index contributed by atoms with van der Waals surface area (Å²) >= 11 is 0. The van der Waals surface area contributed by atoms with E-state index < -0.39 is 0 Å². The Morgan fingerprint density at radius 1 is 1.44 bits per heavy atom. The van der Waals surface area contributed by atoms with Crippen molar-refractivity contribution in [3.05, 3.63) is 41.7 Å². The largest absolute Gasteiger partial charge is 0.373 e. The molecule has 0 amide bonds. The van der Waals surface area contributed by atoms with Crippen LogP contribution < -0.4 is 0 Å². The van der Waals surface area contributed by atoms with Gasteiger partial charge in [0.2, 0.25) is 0 Å². The Labute approximate surface area is 96.3 Å². The molecular weight excluding hydrogens is 198 g/mol. The van der Waals surface area contributed by atoms with Crippen molar-refractivity contribution in [1.82, 2.24) is 4.98 Å². The lowest BCUT2D eigenvalue weighted by Crippen LogP contribution is -2.32. The predicted octanol–water partition coefficient (Wildman–Crippen LogP) is 3.13. The van der Waals surface area contributed by atoms with Crippen molar-refractivity contribution in [3.8, 4) is 0 Å². The van der Waals surface area contributed by atoms with Crippen LogP contribution in [0.5, 0.6) is 0 Å². The molecule has 2 nitrogen and oxygen atoms in total. The Morgan fingerprint density at radius 3 is 3.19 bits per heavy atom. The Bertz CT molecular complexity index is 398. The van der Waals surface area contributed by atoms with Crippen molar-refractivity contribution in [3.63, 3.8) is 0 Å². The average Bonchev–Trinajstić information content (AvgIpc) is 2.36. The van der Waals surface area contributed by atoms with Gasteiger partial charge in [0.05, 0.1) is 12.7 Å². The van der Waals surface area contributed by atoms with Gasteiger partial charge in [0.25, 0.3) is 0 Å². The van der Waals surface area contributed by atoms with Crippen LogP contribution in [0.4, 0.5) is 0 Å². The number of rotatable bonds is 1. The molecule has 2 heterocycles. The monoisotopic (exact) mass is 215 g/mol. The summed E-state index contributed by atoms with van der Waals surface area (Å²) in [5.41, 5.74) is 2.71. The maximum absolute atomic E-state index is 6.02. The van der Waals surface area contributed by atoms with Gasteiger partial charge >= 0.3 is 0 Å². The molecular formula is C14H17NO. The highest BCUT2D eigenvalue weighted by Crippen LogP contribution is 2.43. The molecule has 2 heteroatoms. The first-order valence-corrected chi connectivity index (χ1v) is 6.03. The fraction of sp³-hybridized carbons (Fsp3) is 0.500. The number of aromatic nitrogens is 1. The summed E-state index contributed by atoms with van der Waals surface area (Å²) in [6, 6.07) is 4.12. The topological polar surface area (TPSA) is 22.1 Å². The molecule has 0 radical (unpaired) electrons. The third-order valence-corrected chi connectivity index (χ3v) is 3.84. The van der Waals surface area contributed by atoms with Crippen LogP contribution in [-0.2, 0) is 4.74 Å². The minimum atomic E-state index is 0.224. The van der Waals surface area contributed by atoms with Gasteiger partial charge in [-0.05, 0) is 37.3 Å². The van der Waals surface area contributed by atoms with Crippen LogP contribution in [0.3, 0.4) is 0 Å². The number of pyridine rings is 1. The van der Waals surface area contributed by atoms with Crippen molar-refractivity contribution >= 4 is 0 Å². The van der Waals surface area contributed by atoms with Crippen molar-refractivity contribution in [2.75, 3.05) is 6.61 Å². The summed E-state index contributed by atoms with van der Waals surface area (Å²) in [6.07, 6.45) is 8.85. The number of allylic oxidation sites excluding steroid dienone is 1. The molecule has 0 aromatic carbocycles. The van der Waals surface area contributed by atoms with E-state index in [1.54, 1.807) is 0 Å². The van der Waals surface area contributed by atoms with E-state index in [0.29, 0.717) is 5.92 Å². The second-order valence-corrected chi connectivity index (χ2v) is 4.93. The lowest BCUT2D eigenvalue weighted by Gasteiger charge is -2.39. The molecule has 0 spiro atoms. The summed E-state index contributed by atoms with van der Waals surface area (Å²) in [6.45, 7) is 3.14. The summed E-state index contributed by atoms with van der Waals surface area (Å²) in [4.78, 5) is 4.19. The molecule has 0 saturated carbocycles.